The number of nitrogens with zero attached hydrogens (tertiary/aromatic N) is 3. The number of para-hydroxylation sites is 1. The Bertz CT molecular complexity index is 1340. The average molecular weight is 522 g/mol. The zero-order valence-electron chi connectivity index (χ0n) is 21.6. The average Bonchev–Trinajstić information content (AvgIpc) is 3.56. The summed E-state index contributed by atoms with van der Waals surface area (Å²) in [4.78, 5) is 49.0. The highest BCUT2D eigenvalue weighted by Gasteiger charge is 2.56. The summed E-state index contributed by atoms with van der Waals surface area (Å²) in [7, 11) is 1.64. The predicted octanol–water partition coefficient (Wildman–Crippen LogP) is 4.55. The zero-order chi connectivity index (χ0) is 26.4. The normalized spacial score (nSPS) is 17.8. The SMILES string of the molecule is COc1ccccc1CCN1C(=O)C2(CCN(C(C)(C)C=O)CC2)C(=O)c2c1sc(-c1ncco1)c2C. The van der Waals surface area contributed by atoms with Crippen LogP contribution in [0.15, 0.2) is 41.1 Å². The van der Waals surface area contributed by atoms with Gasteiger partial charge in [0, 0.05) is 19.6 Å². The molecule has 0 atom stereocenters. The molecule has 1 fully saturated rings. The number of likely N-dealkylation sites (tertiary alicyclic amines) is 1. The lowest BCUT2D eigenvalue weighted by Crippen LogP contribution is -2.60. The molecule has 1 saturated heterocycles. The van der Waals surface area contributed by atoms with Crippen LogP contribution >= 0.6 is 11.3 Å². The number of Topliss-reactive ketones (excluding diaryl/α,β-unsaturated/α-hetero) is 1. The highest BCUT2D eigenvalue weighted by Crippen LogP contribution is 2.51. The van der Waals surface area contributed by atoms with Crippen molar-refractivity contribution < 1.29 is 23.5 Å². The lowest BCUT2D eigenvalue weighted by atomic mass is 9.69. The van der Waals surface area contributed by atoms with Crippen LogP contribution in [0.3, 0.4) is 0 Å². The molecule has 1 amide bonds. The molecule has 1 spiro atoms. The number of carbonyl (C=O) groups is 3. The third kappa shape index (κ3) is 4.10. The Morgan fingerprint density at radius 3 is 2.59 bits per heavy atom. The molecule has 0 aliphatic carbocycles. The number of hydrogen-bond donors (Lipinski definition) is 0. The Morgan fingerprint density at radius 2 is 1.95 bits per heavy atom. The lowest BCUT2D eigenvalue weighted by molar-refractivity contribution is -0.130. The van der Waals surface area contributed by atoms with E-state index in [0.717, 1.165) is 28.0 Å². The summed E-state index contributed by atoms with van der Waals surface area (Å²) < 4.78 is 11.1. The van der Waals surface area contributed by atoms with Crippen molar-refractivity contribution in [2.75, 3.05) is 31.6 Å². The molecule has 0 saturated carbocycles. The molecular formula is C28H31N3O5S. The van der Waals surface area contributed by atoms with Crippen molar-refractivity contribution in [3.8, 4) is 16.5 Å². The first-order valence-corrected chi connectivity index (χ1v) is 13.3. The van der Waals surface area contributed by atoms with Crippen LogP contribution in [0.25, 0.3) is 10.8 Å². The Hall–Kier alpha value is -3.30. The molecular weight excluding hydrogens is 490 g/mol. The van der Waals surface area contributed by atoms with Gasteiger partial charge < -0.3 is 18.8 Å². The minimum Gasteiger partial charge on any atom is -0.496 e. The molecule has 2 aliphatic heterocycles. The van der Waals surface area contributed by atoms with E-state index in [4.69, 9.17) is 9.15 Å². The summed E-state index contributed by atoms with van der Waals surface area (Å²) in [6.07, 6.45) is 5.33. The number of hydrogen-bond acceptors (Lipinski definition) is 8. The second-order valence-electron chi connectivity index (χ2n) is 10.3. The Balaban J connectivity index is 1.55. The van der Waals surface area contributed by atoms with Gasteiger partial charge in [-0.1, -0.05) is 18.2 Å². The van der Waals surface area contributed by atoms with Gasteiger partial charge in [0.15, 0.2) is 5.78 Å². The molecule has 2 aliphatic rings. The van der Waals surface area contributed by atoms with Gasteiger partial charge in [0.25, 0.3) is 0 Å². The highest BCUT2D eigenvalue weighted by molar-refractivity contribution is 7.20. The Kier molecular flexibility index (Phi) is 6.53. The van der Waals surface area contributed by atoms with Crippen molar-refractivity contribution in [1.29, 1.82) is 0 Å². The Labute approximate surface area is 220 Å². The number of oxazole rings is 1. The van der Waals surface area contributed by atoms with E-state index in [1.807, 2.05) is 45.0 Å². The molecule has 37 heavy (non-hydrogen) atoms. The molecule has 0 N–H and O–H groups in total. The van der Waals surface area contributed by atoms with Crippen molar-refractivity contribution in [3.05, 3.63) is 53.4 Å². The van der Waals surface area contributed by atoms with Gasteiger partial charge in [-0.05, 0) is 57.2 Å². The van der Waals surface area contributed by atoms with Crippen LogP contribution < -0.4 is 9.64 Å². The number of anilines is 1. The molecule has 0 bridgehead atoms. The number of piperidine rings is 1. The number of thiophene rings is 1. The van der Waals surface area contributed by atoms with Crippen molar-refractivity contribution in [2.45, 2.75) is 45.6 Å². The third-order valence-corrected chi connectivity index (χ3v) is 9.14. The summed E-state index contributed by atoms with van der Waals surface area (Å²) >= 11 is 1.38. The molecule has 0 radical (unpaired) electrons. The fourth-order valence-electron chi connectivity index (χ4n) is 5.51. The maximum atomic E-state index is 14.2. The van der Waals surface area contributed by atoms with Gasteiger partial charge >= 0.3 is 0 Å². The number of amides is 1. The number of benzene rings is 1. The number of aldehydes is 1. The van der Waals surface area contributed by atoms with Crippen LogP contribution in [0.4, 0.5) is 5.00 Å². The number of methoxy groups -OCH3 is 1. The fraction of sp³-hybridized carbons (Fsp3) is 0.429. The second-order valence-corrected chi connectivity index (χ2v) is 11.3. The van der Waals surface area contributed by atoms with Crippen molar-refractivity contribution in [2.24, 2.45) is 5.41 Å². The van der Waals surface area contributed by atoms with Gasteiger partial charge in [-0.3, -0.25) is 14.5 Å². The van der Waals surface area contributed by atoms with Crippen LogP contribution in [0.1, 0.15) is 48.2 Å². The van der Waals surface area contributed by atoms with Crippen LogP contribution in [0.5, 0.6) is 5.75 Å². The van der Waals surface area contributed by atoms with Gasteiger partial charge in [-0.2, -0.15) is 0 Å². The molecule has 1 aromatic carbocycles. The molecule has 8 nitrogen and oxygen atoms in total. The number of ether oxygens (including phenoxy) is 1. The van der Waals surface area contributed by atoms with Gasteiger partial charge in [0.1, 0.15) is 28.7 Å². The summed E-state index contributed by atoms with van der Waals surface area (Å²) in [5, 5.41) is 0.650. The van der Waals surface area contributed by atoms with Gasteiger partial charge in [-0.25, -0.2) is 4.98 Å². The highest BCUT2D eigenvalue weighted by atomic mass is 32.1. The van der Waals surface area contributed by atoms with E-state index in [2.05, 4.69) is 9.88 Å². The first-order valence-electron chi connectivity index (χ1n) is 12.5. The number of aromatic nitrogens is 1. The van der Waals surface area contributed by atoms with E-state index < -0.39 is 11.0 Å². The largest absolute Gasteiger partial charge is 0.496 e. The van der Waals surface area contributed by atoms with E-state index in [-0.39, 0.29) is 11.7 Å². The van der Waals surface area contributed by atoms with E-state index in [9.17, 15) is 14.4 Å². The monoisotopic (exact) mass is 521 g/mol. The zero-order valence-corrected chi connectivity index (χ0v) is 22.4. The van der Waals surface area contributed by atoms with Crippen LogP contribution in [0, 0.1) is 12.3 Å². The minimum atomic E-state index is -1.15. The molecule has 0 unspecified atom stereocenters. The molecule has 4 heterocycles. The second kappa shape index (κ2) is 9.54. The summed E-state index contributed by atoms with van der Waals surface area (Å²) in [6.45, 7) is 7.04. The van der Waals surface area contributed by atoms with Crippen molar-refractivity contribution in [1.82, 2.24) is 9.88 Å². The van der Waals surface area contributed by atoms with Crippen molar-refractivity contribution in [3.63, 3.8) is 0 Å². The first kappa shape index (κ1) is 25.4. The predicted molar refractivity (Wildman–Crippen MR) is 141 cm³/mol. The smallest absolute Gasteiger partial charge is 0.241 e. The van der Waals surface area contributed by atoms with Crippen LogP contribution in [0.2, 0.25) is 0 Å². The first-order chi connectivity index (χ1) is 17.7. The third-order valence-electron chi connectivity index (χ3n) is 7.83. The standard InChI is InChI=1S/C28H31N3O5S/c1-18-21-23(33)28(10-14-30(15-11-28)27(2,3)17-32)26(34)31(13-9-19-7-5-6-8-20(19)35-4)25(21)37-22(18)24-29-12-16-36-24/h5-8,12,16-17H,9-11,13-15H2,1-4H3. The number of carbonyl (C=O) groups excluding carboxylic acids is 3. The van der Waals surface area contributed by atoms with Gasteiger partial charge in [0.05, 0.1) is 29.3 Å². The van der Waals surface area contributed by atoms with Crippen LogP contribution in [-0.2, 0) is 16.0 Å². The fourth-order valence-corrected chi connectivity index (χ4v) is 6.78. The number of rotatable bonds is 7. The maximum absolute atomic E-state index is 14.2. The summed E-state index contributed by atoms with van der Waals surface area (Å²) in [5.74, 6) is 0.920. The molecule has 194 valence electrons. The summed E-state index contributed by atoms with van der Waals surface area (Å²) in [6, 6.07) is 7.77. The van der Waals surface area contributed by atoms with Gasteiger partial charge in [0.2, 0.25) is 11.8 Å². The quantitative estimate of drug-likeness (QED) is 0.333. The maximum Gasteiger partial charge on any atom is 0.241 e. The number of ketones is 1. The van der Waals surface area contributed by atoms with E-state index in [1.165, 1.54) is 17.6 Å². The molecule has 5 rings (SSSR count). The van der Waals surface area contributed by atoms with E-state index in [0.29, 0.717) is 55.4 Å². The van der Waals surface area contributed by atoms with E-state index >= 15 is 0 Å². The van der Waals surface area contributed by atoms with Crippen molar-refractivity contribution >= 4 is 34.3 Å². The molecule has 9 heteroatoms. The minimum absolute atomic E-state index is 0.129. The topological polar surface area (TPSA) is 93.0 Å². The van der Waals surface area contributed by atoms with Gasteiger partial charge in [-0.15, -0.1) is 11.3 Å². The summed E-state index contributed by atoms with van der Waals surface area (Å²) in [5.41, 5.74) is 0.573. The Morgan fingerprint density at radius 1 is 1.22 bits per heavy atom. The van der Waals surface area contributed by atoms with E-state index in [1.54, 1.807) is 18.2 Å². The molecule has 3 aromatic rings. The van der Waals surface area contributed by atoms with Crippen LogP contribution in [-0.4, -0.2) is 60.1 Å². The lowest BCUT2D eigenvalue weighted by Gasteiger charge is -2.47. The molecule has 2 aromatic heterocycles. The number of fused-ring (bicyclic) bond motifs is 1.